The van der Waals surface area contributed by atoms with E-state index >= 15 is 0 Å². The third kappa shape index (κ3) is 8.63. The Bertz CT molecular complexity index is 969. The van der Waals surface area contributed by atoms with Crippen molar-refractivity contribution in [2.75, 3.05) is 11.4 Å². The number of ether oxygens (including phenoxy) is 3. The third-order valence-corrected chi connectivity index (χ3v) is 6.96. The van der Waals surface area contributed by atoms with Crippen molar-refractivity contribution >= 4 is 23.7 Å². The topological polar surface area (TPSA) is 94.2 Å². The predicted molar refractivity (Wildman–Crippen MR) is 147 cm³/mol. The summed E-state index contributed by atoms with van der Waals surface area (Å²) >= 11 is 0. The molecule has 2 aliphatic rings. The fourth-order valence-electron chi connectivity index (χ4n) is 5.13. The maximum Gasteiger partial charge on any atom is 0.408 e. The van der Waals surface area contributed by atoms with Gasteiger partial charge in [0.25, 0.3) is 0 Å². The molecule has 0 saturated heterocycles. The molecule has 0 radical (unpaired) electrons. The minimum Gasteiger partial charge on any atom is -0.490 e. The Morgan fingerprint density at radius 1 is 0.974 bits per heavy atom. The van der Waals surface area contributed by atoms with Gasteiger partial charge >= 0.3 is 12.1 Å². The largest absolute Gasteiger partial charge is 0.490 e. The lowest BCUT2D eigenvalue weighted by molar-refractivity contribution is -0.156. The number of esters is 1. The van der Waals surface area contributed by atoms with Crippen molar-refractivity contribution in [3.63, 3.8) is 0 Å². The van der Waals surface area contributed by atoms with Crippen LogP contribution in [-0.2, 0) is 25.5 Å². The van der Waals surface area contributed by atoms with Crippen molar-refractivity contribution in [2.24, 2.45) is 11.8 Å². The normalized spacial score (nSPS) is 20.5. The van der Waals surface area contributed by atoms with Gasteiger partial charge in [-0.3, -0.25) is 9.59 Å². The Balaban J connectivity index is 1.70. The Kier molecular flexibility index (Phi) is 9.37. The van der Waals surface area contributed by atoms with Gasteiger partial charge in [-0.25, -0.2) is 4.79 Å². The molecule has 1 aromatic carbocycles. The molecule has 212 valence electrons. The van der Waals surface area contributed by atoms with Crippen LogP contribution in [0.4, 0.5) is 10.5 Å². The van der Waals surface area contributed by atoms with E-state index < -0.39 is 29.3 Å². The minimum absolute atomic E-state index is 0.221. The number of carbonyl (C=O) groups excluding carboxylic acids is 3. The van der Waals surface area contributed by atoms with Gasteiger partial charge in [-0.2, -0.15) is 0 Å². The second-order valence-electron chi connectivity index (χ2n) is 12.9. The molecular formula is C30H46N2O6. The monoisotopic (exact) mass is 530 g/mol. The first-order valence-corrected chi connectivity index (χ1v) is 13.9. The first kappa shape index (κ1) is 29.8. The van der Waals surface area contributed by atoms with Crippen molar-refractivity contribution in [3.05, 3.63) is 23.8 Å². The zero-order valence-corrected chi connectivity index (χ0v) is 24.4. The van der Waals surface area contributed by atoms with E-state index in [1.807, 2.05) is 18.2 Å². The highest BCUT2D eigenvalue weighted by Gasteiger charge is 2.35. The molecule has 1 aromatic rings. The van der Waals surface area contributed by atoms with Crippen LogP contribution in [-0.4, -0.2) is 47.9 Å². The molecule has 0 bridgehead atoms. The van der Waals surface area contributed by atoms with E-state index in [-0.39, 0.29) is 18.4 Å². The van der Waals surface area contributed by atoms with E-state index in [9.17, 15) is 14.4 Å². The van der Waals surface area contributed by atoms with Gasteiger partial charge < -0.3 is 24.4 Å². The first-order valence-electron chi connectivity index (χ1n) is 13.9. The van der Waals surface area contributed by atoms with Crippen molar-refractivity contribution in [1.82, 2.24) is 5.32 Å². The number of nitrogens with one attached hydrogen (secondary N) is 1. The van der Waals surface area contributed by atoms with Gasteiger partial charge in [-0.15, -0.1) is 0 Å². The Labute approximate surface area is 227 Å². The Morgan fingerprint density at radius 3 is 2.18 bits per heavy atom. The van der Waals surface area contributed by atoms with Crippen LogP contribution in [0.15, 0.2) is 18.2 Å². The van der Waals surface area contributed by atoms with E-state index in [1.54, 1.807) is 46.4 Å². The van der Waals surface area contributed by atoms with Gasteiger partial charge in [0.15, 0.2) is 0 Å². The molecule has 1 unspecified atom stereocenters. The van der Waals surface area contributed by atoms with Crippen molar-refractivity contribution < 1.29 is 28.6 Å². The number of benzene rings is 1. The van der Waals surface area contributed by atoms with Gasteiger partial charge in [0.1, 0.15) is 23.0 Å². The van der Waals surface area contributed by atoms with Gasteiger partial charge in [0, 0.05) is 12.2 Å². The Hall–Kier alpha value is -2.77. The highest BCUT2D eigenvalue weighted by molar-refractivity contribution is 6.02. The van der Waals surface area contributed by atoms with Crippen LogP contribution >= 0.6 is 0 Å². The second kappa shape index (κ2) is 12.0. The molecule has 0 spiro atoms. The molecule has 1 heterocycles. The summed E-state index contributed by atoms with van der Waals surface area (Å²) in [5.41, 5.74) is 0.335. The number of alkyl carbamates (subject to hydrolysis) is 1. The number of anilines is 1. The highest BCUT2D eigenvalue weighted by atomic mass is 16.6. The zero-order valence-electron chi connectivity index (χ0n) is 24.4. The lowest BCUT2D eigenvalue weighted by atomic mass is 9.80. The number of hydrogen-bond acceptors (Lipinski definition) is 6. The van der Waals surface area contributed by atoms with Crippen LogP contribution in [0.2, 0.25) is 0 Å². The molecule has 8 nitrogen and oxygen atoms in total. The maximum absolute atomic E-state index is 13.6. The summed E-state index contributed by atoms with van der Waals surface area (Å²) in [5, 5.41) is 2.60. The van der Waals surface area contributed by atoms with Gasteiger partial charge in [-0.1, -0.05) is 13.8 Å². The number of fused-ring (bicyclic) bond motifs is 1. The average Bonchev–Trinajstić information content (AvgIpc) is 3.19. The predicted octanol–water partition coefficient (Wildman–Crippen LogP) is 5.79. The number of amides is 2. The average molecular weight is 531 g/mol. The summed E-state index contributed by atoms with van der Waals surface area (Å²) in [5.74, 6) is 1.37. The SMILES string of the molecule is CC(C)C1CCC(Oc2ccc3c(c2)CCN3C(=O)C(CC(=O)OC(C)(C)C)NC(=O)OC(C)(C)C)CC1. The molecule has 2 amide bonds. The zero-order chi connectivity index (χ0) is 28.3. The minimum atomic E-state index is -1.11. The van der Waals surface area contributed by atoms with E-state index in [0.29, 0.717) is 18.9 Å². The summed E-state index contributed by atoms with van der Waals surface area (Å²) in [4.78, 5) is 40.3. The number of hydrogen-bond donors (Lipinski definition) is 1. The van der Waals surface area contributed by atoms with Crippen molar-refractivity contribution in [1.29, 1.82) is 0 Å². The molecule has 1 aliphatic heterocycles. The van der Waals surface area contributed by atoms with Crippen LogP contribution in [0.3, 0.4) is 0 Å². The van der Waals surface area contributed by atoms with E-state index in [0.717, 1.165) is 35.8 Å². The van der Waals surface area contributed by atoms with Crippen molar-refractivity contribution in [3.8, 4) is 5.75 Å². The summed E-state index contributed by atoms with van der Waals surface area (Å²) in [6.07, 6.45) is 4.36. The fourth-order valence-corrected chi connectivity index (χ4v) is 5.13. The van der Waals surface area contributed by atoms with Gasteiger partial charge in [0.2, 0.25) is 5.91 Å². The standard InChI is InChI=1S/C30H46N2O6/c1-19(2)20-9-11-22(12-10-20)36-23-13-14-25-21(17-23)15-16-32(25)27(34)24(18-26(33)37-29(3,4)5)31-28(35)38-30(6,7)8/h13-14,17,19-20,22,24H,9-12,15-16,18H2,1-8H3,(H,31,35). The molecule has 1 atom stereocenters. The van der Waals surface area contributed by atoms with Crippen LogP contribution in [0.1, 0.15) is 93.1 Å². The lowest BCUT2D eigenvalue weighted by Crippen LogP contribution is -2.50. The van der Waals surface area contributed by atoms with Crippen molar-refractivity contribution in [2.45, 2.75) is 117 Å². The van der Waals surface area contributed by atoms with Gasteiger partial charge in [0.05, 0.1) is 12.5 Å². The molecular weight excluding hydrogens is 484 g/mol. The molecule has 1 N–H and O–H groups in total. The number of nitrogens with zero attached hydrogens (tertiary/aromatic N) is 1. The number of carbonyl (C=O) groups is 3. The number of rotatable bonds is 7. The van der Waals surface area contributed by atoms with Crippen LogP contribution in [0, 0.1) is 11.8 Å². The molecule has 1 fully saturated rings. The second-order valence-corrected chi connectivity index (χ2v) is 12.9. The van der Waals surface area contributed by atoms with Crippen LogP contribution in [0.25, 0.3) is 0 Å². The molecule has 1 saturated carbocycles. The molecule has 1 aliphatic carbocycles. The highest BCUT2D eigenvalue weighted by Crippen LogP contribution is 2.35. The van der Waals surface area contributed by atoms with E-state index in [4.69, 9.17) is 14.2 Å². The summed E-state index contributed by atoms with van der Waals surface area (Å²) in [7, 11) is 0. The van der Waals surface area contributed by atoms with Gasteiger partial charge in [-0.05, 0) is 109 Å². The molecule has 38 heavy (non-hydrogen) atoms. The fraction of sp³-hybridized carbons (Fsp3) is 0.700. The molecule has 3 rings (SSSR count). The smallest absolute Gasteiger partial charge is 0.408 e. The quantitative estimate of drug-likeness (QED) is 0.448. The molecule has 8 heteroatoms. The summed E-state index contributed by atoms with van der Waals surface area (Å²) < 4.78 is 17.1. The third-order valence-electron chi connectivity index (χ3n) is 6.96. The molecule has 0 aromatic heterocycles. The summed E-state index contributed by atoms with van der Waals surface area (Å²) in [6.45, 7) is 15.5. The van der Waals surface area contributed by atoms with E-state index in [1.165, 1.54) is 12.8 Å². The van der Waals surface area contributed by atoms with Crippen LogP contribution < -0.4 is 15.0 Å². The lowest BCUT2D eigenvalue weighted by Gasteiger charge is -2.31. The maximum atomic E-state index is 13.6. The first-order chi connectivity index (χ1) is 17.6. The van der Waals surface area contributed by atoms with E-state index in [2.05, 4.69) is 19.2 Å². The Morgan fingerprint density at radius 2 is 1.61 bits per heavy atom. The summed E-state index contributed by atoms with van der Waals surface area (Å²) in [6, 6.07) is 4.70. The van der Waals surface area contributed by atoms with Crippen LogP contribution in [0.5, 0.6) is 5.75 Å².